The standard InChI is InChI=1S/C22H23N3O6S3/c1-24(34(29,30)21-3-2-16-32-21)19-8-4-17(5-9-19)22(26)23-18-6-10-20(11-7-18)33(27,28)25-12-14-31-15-13-25/h2-11,16H,12-15H2,1H3,(H,23,26). The average Bonchev–Trinajstić information content (AvgIpc) is 3.41. The van der Waals surface area contributed by atoms with Gasteiger partial charge in [0.05, 0.1) is 23.8 Å². The summed E-state index contributed by atoms with van der Waals surface area (Å²) in [5.41, 5.74) is 1.19. The van der Waals surface area contributed by atoms with Crippen LogP contribution in [0.15, 0.2) is 75.1 Å². The topological polar surface area (TPSA) is 113 Å². The highest BCUT2D eigenvalue weighted by Crippen LogP contribution is 2.26. The van der Waals surface area contributed by atoms with Crippen molar-refractivity contribution in [3.8, 4) is 0 Å². The van der Waals surface area contributed by atoms with Crippen molar-refractivity contribution < 1.29 is 26.4 Å². The predicted octanol–water partition coefficient (Wildman–Crippen LogP) is 2.85. The maximum absolute atomic E-state index is 12.7. The third-order valence-corrected chi connectivity index (χ3v) is 10.4. The quantitative estimate of drug-likeness (QED) is 0.512. The monoisotopic (exact) mass is 521 g/mol. The molecule has 34 heavy (non-hydrogen) atoms. The molecule has 1 amide bonds. The number of carbonyl (C=O) groups excluding carboxylic acids is 1. The van der Waals surface area contributed by atoms with Gasteiger partial charge in [-0.3, -0.25) is 9.10 Å². The molecule has 0 bridgehead atoms. The number of nitrogens with zero attached hydrogens (tertiary/aromatic N) is 2. The Morgan fingerprint density at radius 1 is 0.971 bits per heavy atom. The second-order valence-electron chi connectivity index (χ2n) is 7.45. The smallest absolute Gasteiger partial charge is 0.273 e. The van der Waals surface area contributed by atoms with Crippen molar-refractivity contribution in [2.24, 2.45) is 0 Å². The predicted molar refractivity (Wildman–Crippen MR) is 130 cm³/mol. The van der Waals surface area contributed by atoms with Gasteiger partial charge in [-0.15, -0.1) is 11.3 Å². The van der Waals surface area contributed by atoms with Crippen LogP contribution in [0.25, 0.3) is 0 Å². The molecule has 12 heteroatoms. The summed E-state index contributed by atoms with van der Waals surface area (Å²) in [6.45, 7) is 1.34. The van der Waals surface area contributed by atoms with E-state index < -0.39 is 26.0 Å². The molecule has 180 valence electrons. The molecule has 1 aromatic heterocycles. The van der Waals surface area contributed by atoms with Gasteiger partial charge in [0, 0.05) is 31.4 Å². The zero-order chi connectivity index (χ0) is 24.3. The maximum atomic E-state index is 12.7. The van der Waals surface area contributed by atoms with E-state index in [9.17, 15) is 21.6 Å². The van der Waals surface area contributed by atoms with Gasteiger partial charge in [-0.2, -0.15) is 4.31 Å². The molecule has 1 fully saturated rings. The largest absolute Gasteiger partial charge is 0.379 e. The van der Waals surface area contributed by atoms with Gasteiger partial charge in [0.15, 0.2) is 0 Å². The number of hydrogen-bond donors (Lipinski definition) is 1. The van der Waals surface area contributed by atoms with Gasteiger partial charge in [-0.25, -0.2) is 16.8 Å². The molecule has 0 radical (unpaired) electrons. The fourth-order valence-corrected chi connectivity index (χ4v) is 7.12. The summed E-state index contributed by atoms with van der Waals surface area (Å²) in [4.78, 5) is 12.8. The van der Waals surface area contributed by atoms with Crippen molar-refractivity contribution in [2.75, 3.05) is 43.0 Å². The van der Waals surface area contributed by atoms with Crippen molar-refractivity contribution in [1.82, 2.24) is 4.31 Å². The third-order valence-electron chi connectivity index (χ3n) is 5.32. The van der Waals surface area contributed by atoms with E-state index >= 15 is 0 Å². The normalized spacial score (nSPS) is 15.1. The lowest BCUT2D eigenvalue weighted by Gasteiger charge is -2.26. The van der Waals surface area contributed by atoms with Gasteiger partial charge >= 0.3 is 0 Å². The number of morpholine rings is 1. The highest BCUT2D eigenvalue weighted by molar-refractivity contribution is 7.94. The summed E-state index contributed by atoms with van der Waals surface area (Å²) < 4.78 is 58.7. The number of carbonyl (C=O) groups is 1. The molecule has 0 atom stereocenters. The van der Waals surface area contributed by atoms with Gasteiger partial charge in [-0.1, -0.05) is 6.07 Å². The summed E-state index contributed by atoms with van der Waals surface area (Å²) in [6, 6.07) is 15.3. The highest BCUT2D eigenvalue weighted by Gasteiger charge is 2.26. The Morgan fingerprint density at radius 3 is 2.21 bits per heavy atom. The maximum Gasteiger partial charge on any atom is 0.273 e. The first-order valence-electron chi connectivity index (χ1n) is 10.3. The summed E-state index contributed by atoms with van der Waals surface area (Å²) in [5.74, 6) is -0.404. The minimum absolute atomic E-state index is 0.145. The highest BCUT2D eigenvalue weighted by atomic mass is 32.2. The number of ether oxygens (including phenoxy) is 1. The fourth-order valence-electron chi connectivity index (χ4n) is 3.36. The van der Waals surface area contributed by atoms with Crippen LogP contribution < -0.4 is 9.62 Å². The molecule has 2 aromatic carbocycles. The van der Waals surface area contributed by atoms with Crippen LogP contribution in [0.5, 0.6) is 0 Å². The minimum Gasteiger partial charge on any atom is -0.379 e. The van der Waals surface area contributed by atoms with Crippen LogP contribution in [-0.4, -0.2) is 60.4 Å². The minimum atomic E-state index is -3.66. The Hall–Kier alpha value is -2.77. The lowest BCUT2D eigenvalue weighted by molar-refractivity contribution is 0.0730. The molecular formula is C22H23N3O6S3. The second-order valence-corrected chi connectivity index (χ2v) is 12.5. The number of thiophene rings is 1. The van der Waals surface area contributed by atoms with Gasteiger partial charge in [0.2, 0.25) is 10.0 Å². The van der Waals surface area contributed by atoms with E-state index in [2.05, 4.69) is 5.32 Å². The van der Waals surface area contributed by atoms with E-state index in [0.717, 1.165) is 15.6 Å². The van der Waals surface area contributed by atoms with Crippen LogP contribution in [0.2, 0.25) is 0 Å². The van der Waals surface area contributed by atoms with Crippen LogP contribution in [-0.2, 0) is 24.8 Å². The van der Waals surface area contributed by atoms with E-state index in [1.165, 1.54) is 53.8 Å². The van der Waals surface area contributed by atoms with Crippen LogP contribution in [0.1, 0.15) is 10.4 Å². The Morgan fingerprint density at radius 2 is 1.62 bits per heavy atom. The second kappa shape index (κ2) is 9.84. The third kappa shape index (κ3) is 5.00. The lowest BCUT2D eigenvalue weighted by Crippen LogP contribution is -2.40. The zero-order valence-electron chi connectivity index (χ0n) is 18.2. The molecule has 0 unspecified atom stereocenters. The number of rotatable bonds is 7. The van der Waals surface area contributed by atoms with Crippen molar-refractivity contribution >= 4 is 48.7 Å². The molecule has 4 rings (SSSR count). The molecule has 2 heterocycles. The van der Waals surface area contributed by atoms with E-state index in [-0.39, 0.29) is 9.10 Å². The number of benzene rings is 2. The number of amides is 1. The summed E-state index contributed by atoms with van der Waals surface area (Å²) >= 11 is 1.13. The Labute approximate surface area is 202 Å². The summed E-state index contributed by atoms with van der Waals surface area (Å²) in [6.07, 6.45) is 0. The van der Waals surface area contributed by atoms with E-state index in [1.807, 2.05) is 0 Å². The van der Waals surface area contributed by atoms with Crippen LogP contribution in [0, 0.1) is 0 Å². The van der Waals surface area contributed by atoms with Crippen molar-refractivity contribution in [3.05, 3.63) is 71.6 Å². The van der Waals surface area contributed by atoms with Gasteiger partial charge < -0.3 is 10.1 Å². The van der Waals surface area contributed by atoms with Crippen LogP contribution in [0.4, 0.5) is 11.4 Å². The Kier molecular flexibility index (Phi) is 7.05. The van der Waals surface area contributed by atoms with E-state index in [0.29, 0.717) is 43.2 Å². The summed E-state index contributed by atoms with van der Waals surface area (Å²) in [7, 11) is -5.82. The van der Waals surface area contributed by atoms with E-state index in [1.54, 1.807) is 23.6 Å². The lowest BCUT2D eigenvalue weighted by atomic mass is 10.2. The molecule has 1 saturated heterocycles. The molecule has 1 aliphatic rings. The zero-order valence-corrected chi connectivity index (χ0v) is 20.7. The van der Waals surface area contributed by atoms with Crippen molar-refractivity contribution in [3.63, 3.8) is 0 Å². The molecule has 0 aliphatic carbocycles. The van der Waals surface area contributed by atoms with Crippen LogP contribution >= 0.6 is 11.3 Å². The number of hydrogen-bond acceptors (Lipinski definition) is 7. The molecule has 0 spiro atoms. The van der Waals surface area contributed by atoms with Gasteiger partial charge in [0.25, 0.3) is 15.9 Å². The fraction of sp³-hybridized carbons (Fsp3) is 0.227. The van der Waals surface area contributed by atoms with Gasteiger partial charge in [-0.05, 0) is 60.0 Å². The number of anilines is 2. The number of sulfonamides is 2. The molecular weight excluding hydrogens is 498 g/mol. The first kappa shape index (κ1) is 24.4. The Bertz CT molecular complexity index is 1350. The molecule has 1 N–H and O–H groups in total. The SMILES string of the molecule is CN(c1ccc(C(=O)Nc2ccc(S(=O)(=O)N3CCOCC3)cc2)cc1)S(=O)(=O)c1cccs1. The molecule has 0 saturated carbocycles. The Balaban J connectivity index is 1.43. The average molecular weight is 522 g/mol. The number of nitrogens with one attached hydrogen (secondary N) is 1. The van der Waals surface area contributed by atoms with E-state index in [4.69, 9.17) is 4.74 Å². The van der Waals surface area contributed by atoms with Gasteiger partial charge in [0.1, 0.15) is 4.21 Å². The van der Waals surface area contributed by atoms with Crippen molar-refractivity contribution in [1.29, 1.82) is 0 Å². The molecule has 3 aromatic rings. The van der Waals surface area contributed by atoms with Crippen molar-refractivity contribution in [2.45, 2.75) is 9.10 Å². The van der Waals surface area contributed by atoms with Crippen LogP contribution in [0.3, 0.4) is 0 Å². The first-order chi connectivity index (χ1) is 16.2. The summed E-state index contributed by atoms with van der Waals surface area (Å²) in [5, 5.41) is 4.41. The first-order valence-corrected chi connectivity index (χ1v) is 14.1. The molecule has 9 nitrogen and oxygen atoms in total. The molecule has 1 aliphatic heterocycles.